The van der Waals surface area contributed by atoms with Crippen LogP contribution in [-0.4, -0.2) is 55.9 Å². The highest BCUT2D eigenvalue weighted by atomic mass is 32.2. The molecule has 1 saturated carbocycles. The topological polar surface area (TPSA) is 66.5 Å². The van der Waals surface area contributed by atoms with Crippen LogP contribution in [-0.2, 0) is 14.6 Å². The maximum absolute atomic E-state index is 12.1. The van der Waals surface area contributed by atoms with Crippen molar-refractivity contribution < 1.29 is 13.2 Å². The lowest BCUT2D eigenvalue weighted by molar-refractivity contribution is -0.123. The molecule has 114 valence electrons. The first-order chi connectivity index (χ1) is 9.46. The zero-order valence-corrected chi connectivity index (χ0v) is 12.9. The van der Waals surface area contributed by atoms with Crippen molar-refractivity contribution in [1.29, 1.82) is 0 Å². The van der Waals surface area contributed by atoms with Crippen molar-refractivity contribution in [3.63, 3.8) is 0 Å². The van der Waals surface area contributed by atoms with Crippen molar-refractivity contribution >= 4 is 15.7 Å². The van der Waals surface area contributed by atoms with Crippen LogP contribution in [0, 0.1) is 11.8 Å². The highest BCUT2D eigenvalue weighted by molar-refractivity contribution is 7.91. The summed E-state index contributed by atoms with van der Waals surface area (Å²) in [5.41, 5.74) is 0. The zero-order valence-electron chi connectivity index (χ0n) is 12.0. The van der Waals surface area contributed by atoms with Crippen molar-refractivity contribution in [2.45, 2.75) is 44.7 Å². The number of likely N-dealkylation sites (tertiary alicyclic amines) is 1. The monoisotopic (exact) mass is 300 g/mol. The van der Waals surface area contributed by atoms with E-state index in [0.717, 1.165) is 32.4 Å². The molecule has 1 N–H and O–H groups in total. The Morgan fingerprint density at radius 1 is 1.15 bits per heavy atom. The molecule has 5 nitrogen and oxygen atoms in total. The lowest BCUT2D eigenvalue weighted by Crippen LogP contribution is -2.52. The second-order valence-electron chi connectivity index (χ2n) is 6.68. The number of nitrogens with zero attached hydrogens (tertiary/aromatic N) is 1. The molecule has 1 amide bonds. The minimum absolute atomic E-state index is 0.0155. The SMILES string of the molecule is C[C@@H]1C[C@@H]1C(=O)N[C@H]1CS(=O)(=O)C[C@@H]1N1CCCCC1. The van der Waals surface area contributed by atoms with Gasteiger partial charge in [0.15, 0.2) is 9.84 Å². The molecule has 0 aromatic rings. The van der Waals surface area contributed by atoms with Gasteiger partial charge in [0, 0.05) is 12.0 Å². The highest BCUT2D eigenvalue weighted by Crippen LogP contribution is 2.38. The number of nitrogens with one attached hydrogen (secondary N) is 1. The van der Waals surface area contributed by atoms with Gasteiger partial charge in [-0.15, -0.1) is 0 Å². The Labute approximate surface area is 121 Å². The molecule has 3 aliphatic rings. The van der Waals surface area contributed by atoms with E-state index < -0.39 is 9.84 Å². The fourth-order valence-electron chi connectivity index (χ4n) is 3.55. The normalized spacial score (nSPS) is 40.5. The molecule has 0 radical (unpaired) electrons. The summed E-state index contributed by atoms with van der Waals surface area (Å²) in [5, 5.41) is 3.01. The lowest BCUT2D eigenvalue weighted by atomic mass is 10.0. The molecular formula is C14H24N2O3S. The van der Waals surface area contributed by atoms with Gasteiger partial charge in [-0.1, -0.05) is 13.3 Å². The van der Waals surface area contributed by atoms with Gasteiger partial charge in [0.05, 0.1) is 17.5 Å². The summed E-state index contributed by atoms with van der Waals surface area (Å²) in [6, 6.07) is -0.225. The first-order valence-electron chi connectivity index (χ1n) is 7.71. The Hall–Kier alpha value is -0.620. The van der Waals surface area contributed by atoms with Crippen LogP contribution >= 0.6 is 0 Å². The van der Waals surface area contributed by atoms with Gasteiger partial charge in [0.25, 0.3) is 0 Å². The standard InChI is InChI=1S/C14H24N2O3S/c1-10-7-11(10)14(17)15-12-8-20(18,19)9-13(12)16-5-3-2-4-6-16/h10-13H,2-9H2,1H3,(H,15,17)/t10-,11+,12+,13+/m1/s1. The lowest BCUT2D eigenvalue weighted by Gasteiger charge is -2.35. The molecule has 0 spiro atoms. The van der Waals surface area contributed by atoms with Gasteiger partial charge in [-0.2, -0.15) is 0 Å². The molecule has 20 heavy (non-hydrogen) atoms. The molecule has 0 aromatic heterocycles. The molecular weight excluding hydrogens is 276 g/mol. The number of hydrogen-bond acceptors (Lipinski definition) is 4. The van der Waals surface area contributed by atoms with E-state index in [2.05, 4.69) is 17.1 Å². The molecule has 0 bridgehead atoms. The number of amides is 1. The van der Waals surface area contributed by atoms with Crippen LogP contribution in [0.3, 0.4) is 0 Å². The molecule has 2 aliphatic heterocycles. The molecule has 6 heteroatoms. The summed E-state index contributed by atoms with van der Waals surface area (Å²) < 4.78 is 23.9. The van der Waals surface area contributed by atoms with Gasteiger partial charge >= 0.3 is 0 Å². The third-order valence-corrected chi connectivity index (χ3v) is 6.67. The molecule has 0 unspecified atom stereocenters. The van der Waals surface area contributed by atoms with Crippen molar-refractivity contribution in [3.8, 4) is 0 Å². The zero-order chi connectivity index (χ0) is 14.3. The van der Waals surface area contributed by atoms with E-state index in [1.807, 2.05) is 0 Å². The van der Waals surface area contributed by atoms with Crippen LogP contribution in [0.5, 0.6) is 0 Å². The number of sulfone groups is 1. The largest absolute Gasteiger partial charge is 0.350 e. The number of piperidine rings is 1. The highest BCUT2D eigenvalue weighted by Gasteiger charge is 2.45. The van der Waals surface area contributed by atoms with Crippen LogP contribution in [0.4, 0.5) is 0 Å². The smallest absolute Gasteiger partial charge is 0.223 e. The van der Waals surface area contributed by atoms with Gasteiger partial charge in [-0.05, 0) is 38.3 Å². The fourth-order valence-corrected chi connectivity index (χ4v) is 5.51. The number of carbonyl (C=O) groups excluding carboxylic acids is 1. The summed E-state index contributed by atoms with van der Waals surface area (Å²) in [5.74, 6) is 0.947. The van der Waals surface area contributed by atoms with E-state index in [1.54, 1.807) is 0 Å². The maximum atomic E-state index is 12.1. The minimum atomic E-state index is -3.01. The van der Waals surface area contributed by atoms with E-state index in [0.29, 0.717) is 5.92 Å². The molecule has 4 atom stereocenters. The second kappa shape index (κ2) is 5.30. The Morgan fingerprint density at radius 2 is 1.80 bits per heavy atom. The molecule has 3 fully saturated rings. The van der Waals surface area contributed by atoms with E-state index in [-0.39, 0.29) is 35.4 Å². The van der Waals surface area contributed by atoms with Crippen LogP contribution in [0.25, 0.3) is 0 Å². The predicted octanol–water partition coefficient (Wildman–Crippen LogP) is 0.410. The summed E-state index contributed by atoms with van der Waals surface area (Å²) in [4.78, 5) is 14.4. The average molecular weight is 300 g/mol. The van der Waals surface area contributed by atoms with E-state index in [9.17, 15) is 13.2 Å². The quantitative estimate of drug-likeness (QED) is 0.820. The first kappa shape index (κ1) is 14.3. The van der Waals surface area contributed by atoms with Crippen LogP contribution < -0.4 is 5.32 Å². The number of hydrogen-bond donors (Lipinski definition) is 1. The molecule has 0 aromatic carbocycles. The summed E-state index contributed by atoms with van der Waals surface area (Å²) >= 11 is 0. The molecule has 3 rings (SSSR count). The first-order valence-corrected chi connectivity index (χ1v) is 9.53. The van der Waals surface area contributed by atoms with Gasteiger partial charge in [-0.25, -0.2) is 8.42 Å². The van der Waals surface area contributed by atoms with E-state index in [1.165, 1.54) is 6.42 Å². The average Bonchev–Trinajstić information content (AvgIpc) is 3.05. The van der Waals surface area contributed by atoms with Crippen molar-refractivity contribution in [3.05, 3.63) is 0 Å². The van der Waals surface area contributed by atoms with Crippen LogP contribution in [0.2, 0.25) is 0 Å². The second-order valence-corrected chi connectivity index (χ2v) is 8.83. The maximum Gasteiger partial charge on any atom is 0.223 e. The Bertz CT molecular complexity index is 485. The predicted molar refractivity (Wildman–Crippen MR) is 77.1 cm³/mol. The van der Waals surface area contributed by atoms with Gasteiger partial charge in [-0.3, -0.25) is 9.69 Å². The van der Waals surface area contributed by atoms with Gasteiger partial charge in [0.1, 0.15) is 0 Å². The van der Waals surface area contributed by atoms with Crippen molar-refractivity contribution in [2.75, 3.05) is 24.6 Å². The third kappa shape index (κ3) is 3.01. The van der Waals surface area contributed by atoms with Gasteiger partial charge < -0.3 is 5.32 Å². The summed E-state index contributed by atoms with van der Waals surface area (Å²) in [7, 11) is -3.01. The Balaban J connectivity index is 1.67. The molecule has 2 saturated heterocycles. The summed E-state index contributed by atoms with van der Waals surface area (Å²) in [6.45, 7) is 4.00. The molecule has 2 heterocycles. The van der Waals surface area contributed by atoms with Crippen LogP contribution in [0.1, 0.15) is 32.6 Å². The minimum Gasteiger partial charge on any atom is -0.350 e. The number of rotatable bonds is 3. The number of carbonyl (C=O) groups is 1. The third-order valence-electron chi connectivity index (χ3n) is 4.96. The Morgan fingerprint density at radius 3 is 2.40 bits per heavy atom. The van der Waals surface area contributed by atoms with E-state index >= 15 is 0 Å². The van der Waals surface area contributed by atoms with Gasteiger partial charge in [0.2, 0.25) is 5.91 Å². The fraction of sp³-hybridized carbons (Fsp3) is 0.929. The van der Waals surface area contributed by atoms with E-state index in [4.69, 9.17) is 0 Å². The summed E-state index contributed by atoms with van der Waals surface area (Å²) in [6.07, 6.45) is 4.44. The Kier molecular flexibility index (Phi) is 3.79. The van der Waals surface area contributed by atoms with Crippen molar-refractivity contribution in [1.82, 2.24) is 10.2 Å². The van der Waals surface area contributed by atoms with Crippen molar-refractivity contribution in [2.24, 2.45) is 11.8 Å². The van der Waals surface area contributed by atoms with Crippen LogP contribution in [0.15, 0.2) is 0 Å². The molecule has 1 aliphatic carbocycles.